The highest BCUT2D eigenvalue weighted by Crippen LogP contribution is 2.19. The number of carbonyl (C=O) groups is 1. The molecule has 1 unspecified atom stereocenters. The summed E-state index contributed by atoms with van der Waals surface area (Å²) in [7, 11) is 0. The molecule has 1 atom stereocenters. The Balaban J connectivity index is 1.71. The van der Waals surface area contributed by atoms with Gasteiger partial charge in [0.25, 0.3) is 11.5 Å². The van der Waals surface area contributed by atoms with E-state index in [9.17, 15) is 9.59 Å². The van der Waals surface area contributed by atoms with Crippen LogP contribution in [0.25, 0.3) is 10.9 Å². The Kier molecular flexibility index (Phi) is 5.88. The first kappa shape index (κ1) is 19.1. The Morgan fingerprint density at radius 3 is 2.81 bits per heavy atom. The molecule has 0 aliphatic carbocycles. The zero-order valence-electron chi connectivity index (χ0n) is 15.3. The van der Waals surface area contributed by atoms with Crippen molar-refractivity contribution in [2.75, 3.05) is 18.4 Å². The number of anilines is 1. The fourth-order valence-corrected chi connectivity index (χ4v) is 3.09. The van der Waals surface area contributed by atoms with E-state index in [2.05, 4.69) is 15.3 Å². The van der Waals surface area contributed by atoms with Gasteiger partial charge in [-0.05, 0) is 43.7 Å². The molecule has 3 rings (SSSR count). The number of aryl methyl sites for hydroxylation is 1. The summed E-state index contributed by atoms with van der Waals surface area (Å²) in [5.41, 5.74) is 2.15. The summed E-state index contributed by atoms with van der Waals surface area (Å²) in [4.78, 5) is 33.0. The smallest absolute Gasteiger partial charge is 0.279 e. The number of amides is 1. The van der Waals surface area contributed by atoms with E-state index in [1.54, 1.807) is 18.2 Å². The molecule has 0 radical (unpaired) electrons. The third kappa shape index (κ3) is 4.72. The van der Waals surface area contributed by atoms with Crippen molar-refractivity contribution < 1.29 is 9.69 Å². The molecule has 6 nitrogen and oxygen atoms in total. The number of hydrogen-bond acceptors (Lipinski definition) is 3. The fraction of sp³-hybridized carbons (Fsp3) is 0.250. The summed E-state index contributed by atoms with van der Waals surface area (Å²) in [5.74, 6) is 0.461. The zero-order chi connectivity index (χ0) is 19.4. The van der Waals surface area contributed by atoms with Crippen LogP contribution in [0, 0.1) is 6.92 Å². The van der Waals surface area contributed by atoms with Crippen LogP contribution >= 0.6 is 11.6 Å². The first-order chi connectivity index (χ1) is 13.0. The normalized spacial score (nSPS) is 12.1. The Bertz CT molecular complexity index is 1030. The van der Waals surface area contributed by atoms with Crippen molar-refractivity contribution in [3.63, 3.8) is 0 Å². The van der Waals surface area contributed by atoms with Crippen molar-refractivity contribution in [2.24, 2.45) is 0 Å². The molecule has 3 N–H and O–H groups in total. The van der Waals surface area contributed by atoms with E-state index in [1.165, 1.54) is 0 Å². The maximum atomic E-state index is 12.4. The summed E-state index contributed by atoms with van der Waals surface area (Å²) in [6.07, 6.45) is 0. The number of H-pyrrole nitrogens is 1. The summed E-state index contributed by atoms with van der Waals surface area (Å²) in [5, 5.41) is 4.05. The van der Waals surface area contributed by atoms with Crippen LogP contribution in [-0.2, 0) is 11.3 Å². The van der Waals surface area contributed by atoms with Crippen molar-refractivity contribution in [1.29, 1.82) is 0 Å². The van der Waals surface area contributed by atoms with Crippen molar-refractivity contribution in [2.45, 2.75) is 20.4 Å². The van der Waals surface area contributed by atoms with Gasteiger partial charge in [0.15, 0.2) is 12.4 Å². The first-order valence-corrected chi connectivity index (χ1v) is 9.21. The Morgan fingerprint density at radius 1 is 1.26 bits per heavy atom. The van der Waals surface area contributed by atoms with E-state index < -0.39 is 0 Å². The van der Waals surface area contributed by atoms with Crippen molar-refractivity contribution in [3.8, 4) is 0 Å². The number of benzene rings is 2. The highest BCUT2D eigenvalue weighted by molar-refractivity contribution is 6.31. The highest BCUT2D eigenvalue weighted by Gasteiger charge is 2.16. The lowest BCUT2D eigenvalue weighted by molar-refractivity contribution is -0.904. The van der Waals surface area contributed by atoms with Gasteiger partial charge in [-0.25, -0.2) is 4.98 Å². The number of aromatic nitrogens is 2. The van der Waals surface area contributed by atoms with Gasteiger partial charge in [0, 0.05) is 10.7 Å². The molecule has 140 valence electrons. The number of nitrogens with one attached hydrogen (secondary N) is 3. The molecule has 0 saturated carbocycles. The number of hydrogen-bond donors (Lipinski definition) is 3. The molecule has 0 aliphatic rings. The number of rotatable bonds is 6. The van der Waals surface area contributed by atoms with E-state index in [0.717, 1.165) is 17.0 Å². The largest absolute Gasteiger partial charge is 0.321 e. The Hall–Kier alpha value is -2.70. The predicted molar refractivity (Wildman–Crippen MR) is 107 cm³/mol. The second kappa shape index (κ2) is 8.33. The van der Waals surface area contributed by atoms with Crippen LogP contribution in [0.2, 0.25) is 5.02 Å². The van der Waals surface area contributed by atoms with E-state index >= 15 is 0 Å². The van der Waals surface area contributed by atoms with Crippen molar-refractivity contribution in [3.05, 3.63) is 69.2 Å². The molecule has 7 heteroatoms. The molecular weight excluding hydrogens is 364 g/mol. The molecule has 2 aromatic carbocycles. The zero-order valence-corrected chi connectivity index (χ0v) is 16.1. The average Bonchev–Trinajstić information content (AvgIpc) is 2.64. The van der Waals surface area contributed by atoms with Crippen LogP contribution in [-0.4, -0.2) is 29.0 Å². The topological polar surface area (TPSA) is 79.3 Å². The summed E-state index contributed by atoms with van der Waals surface area (Å²) in [6.45, 7) is 5.35. The van der Waals surface area contributed by atoms with Crippen LogP contribution in [0.3, 0.4) is 0 Å². The minimum Gasteiger partial charge on any atom is -0.321 e. The van der Waals surface area contributed by atoms with Gasteiger partial charge >= 0.3 is 0 Å². The van der Waals surface area contributed by atoms with Gasteiger partial charge in [0.1, 0.15) is 6.54 Å². The number of nitrogens with zero attached hydrogens (tertiary/aromatic N) is 1. The molecule has 0 bridgehead atoms. The third-order valence-electron chi connectivity index (χ3n) is 4.46. The molecule has 1 amide bonds. The number of para-hydroxylation sites is 1. The van der Waals surface area contributed by atoms with Crippen LogP contribution < -0.4 is 15.8 Å². The van der Waals surface area contributed by atoms with E-state index in [0.29, 0.717) is 34.0 Å². The number of likely N-dealkylation sites (N-methyl/N-ethyl adjacent to an activating group) is 1. The lowest BCUT2D eigenvalue weighted by atomic mass is 10.2. The second-order valence-corrected chi connectivity index (χ2v) is 6.93. The summed E-state index contributed by atoms with van der Waals surface area (Å²) >= 11 is 6.00. The molecule has 27 heavy (non-hydrogen) atoms. The molecule has 0 aliphatic heterocycles. The molecule has 0 saturated heterocycles. The fourth-order valence-electron chi connectivity index (χ4n) is 2.92. The predicted octanol–water partition coefficient (Wildman–Crippen LogP) is 1.93. The summed E-state index contributed by atoms with van der Waals surface area (Å²) < 4.78 is 0. The van der Waals surface area contributed by atoms with E-state index in [1.807, 2.05) is 38.1 Å². The van der Waals surface area contributed by atoms with Gasteiger partial charge in [0.2, 0.25) is 0 Å². The average molecular weight is 386 g/mol. The van der Waals surface area contributed by atoms with Crippen molar-refractivity contribution in [1.82, 2.24) is 9.97 Å². The minimum atomic E-state index is -0.162. The number of quaternary nitrogens is 1. The van der Waals surface area contributed by atoms with Crippen LogP contribution in [0.1, 0.15) is 18.3 Å². The maximum Gasteiger partial charge on any atom is 0.279 e. The Labute approximate surface area is 162 Å². The van der Waals surface area contributed by atoms with Gasteiger partial charge in [0.05, 0.1) is 17.4 Å². The summed E-state index contributed by atoms with van der Waals surface area (Å²) in [6, 6.07) is 12.6. The van der Waals surface area contributed by atoms with Crippen LogP contribution in [0.4, 0.5) is 5.69 Å². The molecule has 1 aromatic heterocycles. The van der Waals surface area contributed by atoms with Gasteiger partial charge in [-0.15, -0.1) is 0 Å². The molecule has 1 heterocycles. The third-order valence-corrected chi connectivity index (χ3v) is 4.70. The van der Waals surface area contributed by atoms with E-state index in [-0.39, 0.29) is 18.0 Å². The van der Waals surface area contributed by atoms with Gasteiger partial charge in [-0.1, -0.05) is 29.8 Å². The number of halogens is 1. The first-order valence-electron chi connectivity index (χ1n) is 8.83. The molecular formula is C20H22ClN4O2+. The second-order valence-electron chi connectivity index (χ2n) is 6.49. The quantitative estimate of drug-likeness (QED) is 0.606. The number of carbonyl (C=O) groups excluding carboxylic acids is 1. The van der Waals surface area contributed by atoms with Gasteiger partial charge in [-0.2, -0.15) is 0 Å². The lowest BCUT2D eigenvalue weighted by Gasteiger charge is -2.17. The molecule has 0 spiro atoms. The van der Waals surface area contributed by atoms with E-state index in [4.69, 9.17) is 11.6 Å². The van der Waals surface area contributed by atoms with Gasteiger partial charge < -0.3 is 15.2 Å². The number of aromatic amines is 1. The monoisotopic (exact) mass is 385 g/mol. The standard InChI is InChI=1S/C20H21ClN4O2/c1-3-25(12-19(26)23-17-10-14(21)9-8-13(17)2)11-18-22-16-7-5-4-6-15(16)20(27)24-18/h4-10H,3,11-12H2,1-2H3,(H,23,26)(H,22,24,27)/p+1. The van der Waals surface area contributed by atoms with Crippen LogP contribution in [0.5, 0.6) is 0 Å². The van der Waals surface area contributed by atoms with Crippen LogP contribution in [0.15, 0.2) is 47.3 Å². The van der Waals surface area contributed by atoms with Gasteiger partial charge in [-0.3, -0.25) is 9.59 Å². The minimum absolute atomic E-state index is 0.111. The SMILES string of the molecule is CC[NH+](CC(=O)Nc1cc(Cl)ccc1C)Cc1nc2ccccc2c(=O)[nH]1. The Morgan fingerprint density at radius 2 is 2.04 bits per heavy atom. The lowest BCUT2D eigenvalue weighted by Crippen LogP contribution is -3.11. The molecule has 3 aromatic rings. The molecule has 0 fully saturated rings. The maximum absolute atomic E-state index is 12.4. The number of fused-ring (bicyclic) bond motifs is 1. The van der Waals surface area contributed by atoms with Crippen molar-refractivity contribution >= 4 is 34.1 Å². The highest BCUT2D eigenvalue weighted by atomic mass is 35.5.